The molecule has 7 heteroatoms. The minimum absolute atomic E-state index is 0.147. The highest BCUT2D eigenvalue weighted by molar-refractivity contribution is 8.19. The number of carbonyl (C=O) groups is 1. The van der Waals surface area contributed by atoms with E-state index in [1.54, 1.807) is 23.2 Å². The smallest absolute Gasteiger partial charge is 0.268 e. The molecule has 3 aromatic carbocycles. The zero-order valence-corrected chi connectivity index (χ0v) is 18.3. The van der Waals surface area contributed by atoms with Gasteiger partial charge in [-0.25, -0.2) is 9.38 Å². The lowest BCUT2D eigenvalue weighted by molar-refractivity contribution is -0.113. The molecule has 0 aliphatic carbocycles. The van der Waals surface area contributed by atoms with Gasteiger partial charge in [-0.1, -0.05) is 23.8 Å². The molecule has 32 heavy (non-hydrogen) atoms. The number of anilines is 1. The van der Waals surface area contributed by atoms with Crippen molar-refractivity contribution in [1.82, 2.24) is 9.78 Å². The van der Waals surface area contributed by atoms with Gasteiger partial charge in [-0.3, -0.25) is 14.4 Å². The number of nitrogens with zero attached hydrogens (tertiary/aromatic N) is 4. The standard InChI is InChI=1S/C25H19FN4OS/c1-16-3-10-21(11-4-16)30-24(31)23(32-25(30)28-20-8-6-19(26)7-9-20)14-17-5-12-22-18(13-17)15-27-29(22)2/h3-15H,1-2H3. The second kappa shape index (κ2) is 8.09. The number of aliphatic imine (C=N–C) groups is 1. The molecular weight excluding hydrogens is 423 g/mol. The summed E-state index contributed by atoms with van der Waals surface area (Å²) in [4.78, 5) is 20.2. The van der Waals surface area contributed by atoms with E-state index in [1.165, 1.54) is 23.9 Å². The number of rotatable bonds is 3. The van der Waals surface area contributed by atoms with Gasteiger partial charge >= 0.3 is 0 Å². The van der Waals surface area contributed by atoms with Crippen LogP contribution in [-0.2, 0) is 11.8 Å². The second-order valence-electron chi connectivity index (χ2n) is 7.54. The molecule has 1 aromatic heterocycles. The van der Waals surface area contributed by atoms with Crippen LogP contribution in [0.5, 0.6) is 0 Å². The largest absolute Gasteiger partial charge is 0.271 e. The highest BCUT2D eigenvalue weighted by atomic mass is 32.2. The predicted molar refractivity (Wildman–Crippen MR) is 128 cm³/mol. The van der Waals surface area contributed by atoms with E-state index in [4.69, 9.17) is 0 Å². The number of halogens is 1. The van der Waals surface area contributed by atoms with E-state index >= 15 is 0 Å². The summed E-state index contributed by atoms with van der Waals surface area (Å²) in [6.07, 6.45) is 3.68. The van der Waals surface area contributed by atoms with Crippen LogP contribution >= 0.6 is 11.8 Å². The van der Waals surface area contributed by atoms with E-state index in [0.29, 0.717) is 15.8 Å². The van der Waals surface area contributed by atoms with Gasteiger partial charge in [0.2, 0.25) is 0 Å². The Hall–Kier alpha value is -3.71. The first kappa shape index (κ1) is 20.2. The SMILES string of the molecule is Cc1ccc(N2C(=O)C(=Cc3ccc4c(cnn4C)c3)SC2=Nc2ccc(F)cc2)cc1. The van der Waals surface area contributed by atoms with E-state index in [1.807, 2.05) is 67.2 Å². The van der Waals surface area contributed by atoms with Crippen LogP contribution < -0.4 is 4.90 Å². The molecule has 158 valence electrons. The maximum Gasteiger partial charge on any atom is 0.271 e. The first-order valence-electron chi connectivity index (χ1n) is 10.0. The summed E-state index contributed by atoms with van der Waals surface area (Å²) in [5.41, 5.74) is 4.35. The van der Waals surface area contributed by atoms with Gasteiger partial charge in [0.05, 0.1) is 28.0 Å². The molecule has 1 saturated heterocycles. The summed E-state index contributed by atoms with van der Waals surface area (Å²) >= 11 is 1.30. The van der Waals surface area contributed by atoms with Crippen LogP contribution in [0.2, 0.25) is 0 Å². The number of hydrogen-bond donors (Lipinski definition) is 0. The first-order valence-corrected chi connectivity index (χ1v) is 10.9. The highest BCUT2D eigenvalue weighted by Crippen LogP contribution is 2.37. The Morgan fingerprint density at radius 1 is 1.03 bits per heavy atom. The number of thioether (sulfide) groups is 1. The van der Waals surface area contributed by atoms with Crippen molar-refractivity contribution in [2.24, 2.45) is 12.0 Å². The van der Waals surface area contributed by atoms with Gasteiger partial charge in [0.15, 0.2) is 5.17 Å². The zero-order chi connectivity index (χ0) is 22.2. The molecule has 0 N–H and O–H groups in total. The lowest BCUT2D eigenvalue weighted by atomic mass is 10.1. The van der Waals surface area contributed by atoms with Gasteiger partial charge < -0.3 is 0 Å². The van der Waals surface area contributed by atoms with Crippen LogP contribution in [-0.4, -0.2) is 20.9 Å². The molecule has 1 fully saturated rings. The van der Waals surface area contributed by atoms with Crippen LogP contribution in [0, 0.1) is 12.7 Å². The molecule has 0 spiro atoms. The Morgan fingerprint density at radius 2 is 1.78 bits per heavy atom. The number of aryl methyl sites for hydroxylation is 2. The van der Waals surface area contributed by atoms with Gasteiger partial charge in [-0.2, -0.15) is 5.10 Å². The van der Waals surface area contributed by atoms with Gasteiger partial charge in [-0.15, -0.1) is 0 Å². The maximum atomic E-state index is 13.4. The van der Waals surface area contributed by atoms with Crippen molar-refractivity contribution in [3.8, 4) is 0 Å². The van der Waals surface area contributed by atoms with Crippen LogP contribution in [0.15, 0.2) is 82.8 Å². The highest BCUT2D eigenvalue weighted by Gasteiger charge is 2.34. The van der Waals surface area contributed by atoms with Gasteiger partial charge in [0, 0.05) is 12.4 Å². The number of benzene rings is 3. The van der Waals surface area contributed by atoms with E-state index in [0.717, 1.165) is 27.7 Å². The Kier molecular flexibility index (Phi) is 5.11. The fourth-order valence-electron chi connectivity index (χ4n) is 3.52. The molecule has 2 heterocycles. The van der Waals surface area contributed by atoms with Gasteiger partial charge in [0.1, 0.15) is 5.82 Å². The van der Waals surface area contributed by atoms with E-state index in [-0.39, 0.29) is 11.7 Å². The molecular formula is C25H19FN4OS. The normalized spacial score (nSPS) is 16.6. The number of hydrogen-bond acceptors (Lipinski definition) is 4. The number of carbonyl (C=O) groups excluding carboxylic acids is 1. The monoisotopic (exact) mass is 442 g/mol. The van der Waals surface area contributed by atoms with Crippen LogP contribution in [0.1, 0.15) is 11.1 Å². The summed E-state index contributed by atoms with van der Waals surface area (Å²) < 4.78 is 15.1. The van der Waals surface area contributed by atoms with Crippen molar-refractivity contribution in [3.63, 3.8) is 0 Å². The third-order valence-corrected chi connectivity index (χ3v) is 6.19. The average molecular weight is 443 g/mol. The topological polar surface area (TPSA) is 50.5 Å². The van der Waals surface area contributed by atoms with Crippen molar-refractivity contribution in [3.05, 3.63) is 94.8 Å². The molecule has 0 atom stereocenters. The molecule has 0 radical (unpaired) electrons. The molecule has 1 aliphatic heterocycles. The lowest BCUT2D eigenvalue weighted by Gasteiger charge is -2.16. The van der Waals surface area contributed by atoms with Crippen molar-refractivity contribution in [1.29, 1.82) is 0 Å². The number of fused-ring (bicyclic) bond motifs is 1. The van der Waals surface area contributed by atoms with Crippen molar-refractivity contribution in [2.75, 3.05) is 4.90 Å². The first-order chi connectivity index (χ1) is 15.5. The zero-order valence-electron chi connectivity index (χ0n) is 17.5. The van der Waals surface area contributed by atoms with Gasteiger partial charge in [-0.05, 0) is 78.9 Å². The number of amides is 1. The molecule has 5 nitrogen and oxygen atoms in total. The van der Waals surface area contributed by atoms with Crippen LogP contribution in [0.3, 0.4) is 0 Å². The summed E-state index contributed by atoms with van der Waals surface area (Å²) in [7, 11) is 1.90. The summed E-state index contributed by atoms with van der Waals surface area (Å²) in [5.74, 6) is -0.475. The van der Waals surface area contributed by atoms with Crippen molar-refractivity contribution in [2.45, 2.75) is 6.92 Å². The lowest BCUT2D eigenvalue weighted by Crippen LogP contribution is -2.28. The summed E-state index contributed by atoms with van der Waals surface area (Å²) in [6, 6.07) is 19.6. The Labute approximate surface area is 188 Å². The van der Waals surface area contributed by atoms with Crippen molar-refractivity contribution < 1.29 is 9.18 Å². The minimum Gasteiger partial charge on any atom is -0.268 e. The predicted octanol–water partition coefficient (Wildman–Crippen LogP) is 5.83. The molecule has 1 amide bonds. The second-order valence-corrected chi connectivity index (χ2v) is 8.55. The van der Waals surface area contributed by atoms with Crippen molar-refractivity contribution >= 4 is 51.2 Å². The number of amidine groups is 1. The van der Waals surface area contributed by atoms with Gasteiger partial charge in [0.25, 0.3) is 5.91 Å². The Balaban J connectivity index is 1.56. The molecule has 0 unspecified atom stereocenters. The average Bonchev–Trinajstić information content (AvgIpc) is 3.30. The fourth-order valence-corrected chi connectivity index (χ4v) is 4.52. The molecule has 5 rings (SSSR count). The molecule has 0 saturated carbocycles. The minimum atomic E-state index is -0.328. The van der Waals surface area contributed by atoms with E-state index in [2.05, 4.69) is 10.1 Å². The fraction of sp³-hybridized carbons (Fsp3) is 0.0800. The van der Waals surface area contributed by atoms with E-state index in [9.17, 15) is 9.18 Å². The Morgan fingerprint density at radius 3 is 2.53 bits per heavy atom. The molecule has 0 bridgehead atoms. The summed E-state index contributed by atoms with van der Waals surface area (Å²) in [6.45, 7) is 2.00. The summed E-state index contributed by atoms with van der Waals surface area (Å²) in [5, 5.41) is 5.81. The number of aromatic nitrogens is 2. The molecule has 4 aromatic rings. The van der Waals surface area contributed by atoms with E-state index < -0.39 is 0 Å². The maximum absolute atomic E-state index is 13.4. The molecule has 1 aliphatic rings. The Bertz CT molecular complexity index is 1390. The third-order valence-electron chi connectivity index (χ3n) is 5.22. The van der Waals surface area contributed by atoms with Crippen LogP contribution in [0.4, 0.5) is 15.8 Å². The quantitative estimate of drug-likeness (QED) is 0.375. The van der Waals surface area contributed by atoms with Crippen LogP contribution in [0.25, 0.3) is 17.0 Å². The third kappa shape index (κ3) is 3.83.